The quantitative estimate of drug-likeness (QED) is 0.0655. The maximum Gasteiger partial charge on any atom is 0.0540 e. The van der Waals surface area contributed by atoms with Crippen molar-refractivity contribution in [1.82, 2.24) is 0 Å². The van der Waals surface area contributed by atoms with E-state index in [-0.39, 0.29) is 6.10 Å². The molecule has 0 aliphatic heterocycles. The Kier molecular flexibility index (Phi) is 34.5. The van der Waals surface area contributed by atoms with E-state index in [0.29, 0.717) is 0 Å². The number of hydrogen-bond acceptors (Lipinski definition) is 1. The van der Waals surface area contributed by atoms with Gasteiger partial charge in [-0.2, -0.15) is 0 Å². The van der Waals surface area contributed by atoms with Gasteiger partial charge in [0.25, 0.3) is 0 Å². The van der Waals surface area contributed by atoms with E-state index in [1.165, 1.54) is 193 Å². The van der Waals surface area contributed by atoms with Crippen LogP contribution in [0, 0.1) is 0 Å². The molecule has 0 fully saturated rings. The molecule has 0 spiro atoms. The van der Waals surface area contributed by atoms with Crippen LogP contribution in [-0.4, -0.2) is 11.2 Å². The molecule has 0 rings (SSSR count). The smallest absolute Gasteiger partial charge is 0.0540 e. The average molecular weight is 535 g/mol. The van der Waals surface area contributed by atoms with Gasteiger partial charge in [0.15, 0.2) is 0 Å². The highest BCUT2D eigenvalue weighted by Crippen LogP contribution is 2.16. The first-order valence-electron chi connectivity index (χ1n) is 18.1. The molecular weight excluding hydrogens is 460 g/mol. The summed E-state index contributed by atoms with van der Waals surface area (Å²) in [5.41, 5.74) is 0. The van der Waals surface area contributed by atoms with Crippen molar-refractivity contribution in [3.63, 3.8) is 0 Å². The summed E-state index contributed by atoms with van der Waals surface area (Å²) in [4.78, 5) is 0. The fourth-order valence-corrected chi connectivity index (χ4v) is 5.70. The Morgan fingerprint density at radius 3 is 0.868 bits per heavy atom. The second kappa shape index (κ2) is 34.7. The molecular formula is C37H74O. The van der Waals surface area contributed by atoms with Crippen LogP contribution in [0.3, 0.4) is 0 Å². The van der Waals surface area contributed by atoms with Crippen LogP contribution in [0.25, 0.3) is 0 Å². The van der Waals surface area contributed by atoms with Crippen molar-refractivity contribution >= 4 is 0 Å². The van der Waals surface area contributed by atoms with Gasteiger partial charge in [-0.05, 0) is 38.5 Å². The minimum atomic E-state index is -0.0381. The molecule has 0 amide bonds. The van der Waals surface area contributed by atoms with E-state index in [9.17, 15) is 5.11 Å². The fraction of sp³-hybridized carbons (Fsp3) is 0.946. The second-order valence-electron chi connectivity index (χ2n) is 12.5. The third-order valence-corrected chi connectivity index (χ3v) is 8.44. The predicted octanol–water partition coefficient (Wildman–Crippen LogP) is 13.4. The van der Waals surface area contributed by atoms with Gasteiger partial charge in [0.1, 0.15) is 0 Å². The van der Waals surface area contributed by atoms with Gasteiger partial charge in [-0.25, -0.2) is 0 Å². The number of aliphatic hydroxyl groups excluding tert-OH is 1. The van der Waals surface area contributed by atoms with Crippen molar-refractivity contribution in [3.8, 4) is 0 Å². The van der Waals surface area contributed by atoms with E-state index < -0.39 is 0 Å². The molecule has 0 aromatic heterocycles. The van der Waals surface area contributed by atoms with Crippen molar-refractivity contribution in [2.24, 2.45) is 0 Å². The normalized spacial score (nSPS) is 12.6. The SMILES string of the molecule is CCCCCCCCCCCCC/C=C/CCCCCCCCCCCC(O)CCCCCCCCCC. The molecule has 38 heavy (non-hydrogen) atoms. The van der Waals surface area contributed by atoms with E-state index in [2.05, 4.69) is 26.0 Å². The van der Waals surface area contributed by atoms with E-state index in [0.717, 1.165) is 12.8 Å². The monoisotopic (exact) mass is 535 g/mol. The zero-order valence-electron chi connectivity index (χ0n) is 26.8. The summed E-state index contributed by atoms with van der Waals surface area (Å²) in [6, 6.07) is 0. The average Bonchev–Trinajstić information content (AvgIpc) is 2.92. The second-order valence-corrected chi connectivity index (χ2v) is 12.5. The van der Waals surface area contributed by atoms with Crippen molar-refractivity contribution in [2.45, 2.75) is 225 Å². The van der Waals surface area contributed by atoms with E-state index >= 15 is 0 Å². The molecule has 0 bridgehead atoms. The molecule has 1 heteroatoms. The first-order chi connectivity index (χ1) is 18.8. The molecule has 0 radical (unpaired) electrons. The topological polar surface area (TPSA) is 20.2 Å². The lowest BCUT2D eigenvalue weighted by atomic mass is 10.0. The highest BCUT2D eigenvalue weighted by molar-refractivity contribution is 4.81. The maximum absolute atomic E-state index is 10.2. The summed E-state index contributed by atoms with van der Waals surface area (Å²) in [6.07, 6.45) is 48.6. The Morgan fingerprint density at radius 1 is 0.342 bits per heavy atom. The summed E-state index contributed by atoms with van der Waals surface area (Å²) in [5, 5.41) is 10.2. The Hall–Kier alpha value is -0.300. The van der Waals surface area contributed by atoms with Gasteiger partial charge in [0.2, 0.25) is 0 Å². The lowest BCUT2D eigenvalue weighted by molar-refractivity contribution is 0.147. The number of unbranched alkanes of at least 4 members (excludes halogenated alkanes) is 27. The standard InChI is InChI=1S/C37H74O/c1-3-5-7-9-11-13-14-15-16-17-18-19-20-21-22-23-24-25-26-27-28-30-32-34-36-37(38)35-33-31-29-12-10-8-6-4-2/h20-21,37-38H,3-19,22-36H2,1-2H3/b21-20+. The van der Waals surface area contributed by atoms with Crippen LogP contribution in [0.15, 0.2) is 12.2 Å². The van der Waals surface area contributed by atoms with E-state index in [4.69, 9.17) is 0 Å². The zero-order chi connectivity index (χ0) is 27.6. The van der Waals surface area contributed by atoms with Crippen LogP contribution in [0.1, 0.15) is 219 Å². The van der Waals surface area contributed by atoms with Gasteiger partial charge in [-0.15, -0.1) is 0 Å². The van der Waals surface area contributed by atoms with Crippen LogP contribution in [0.5, 0.6) is 0 Å². The molecule has 1 unspecified atom stereocenters. The van der Waals surface area contributed by atoms with Gasteiger partial charge in [-0.1, -0.05) is 193 Å². The summed E-state index contributed by atoms with van der Waals surface area (Å²) in [5.74, 6) is 0. The molecule has 228 valence electrons. The van der Waals surface area contributed by atoms with Gasteiger partial charge in [0, 0.05) is 0 Å². The van der Waals surface area contributed by atoms with Crippen LogP contribution in [0.2, 0.25) is 0 Å². The first kappa shape index (κ1) is 37.7. The molecule has 0 saturated heterocycles. The molecule has 0 aliphatic rings. The third kappa shape index (κ3) is 33.7. The Balaban J connectivity index is 3.16. The first-order valence-corrected chi connectivity index (χ1v) is 18.1. The zero-order valence-corrected chi connectivity index (χ0v) is 26.8. The largest absolute Gasteiger partial charge is 0.393 e. The van der Waals surface area contributed by atoms with Crippen molar-refractivity contribution in [3.05, 3.63) is 12.2 Å². The van der Waals surface area contributed by atoms with Gasteiger partial charge in [-0.3, -0.25) is 0 Å². The number of aliphatic hydroxyl groups is 1. The highest BCUT2D eigenvalue weighted by Gasteiger charge is 2.03. The summed E-state index contributed by atoms with van der Waals surface area (Å²) >= 11 is 0. The van der Waals surface area contributed by atoms with E-state index in [1.54, 1.807) is 0 Å². The molecule has 0 aliphatic carbocycles. The molecule has 0 saturated carbocycles. The minimum absolute atomic E-state index is 0.0381. The fourth-order valence-electron chi connectivity index (χ4n) is 5.70. The predicted molar refractivity (Wildman–Crippen MR) is 174 cm³/mol. The third-order valence-electron chi connectivity index (χ3n) is 8.44. The molecule has 0 heterocycles. The molecule has 1 atom stereocenters. The Labute approximate surface area is 242 Å². The van der Waals surface area contributed by atoms with Crippen molar-refractivity contribution in [2.75, 3.05) is 0 Å². The van der Waals surface area contributed by atoms with Gasteiger partial charge in [0.05, 0.1) is 6.10 Å². The molecule has 1 N–H and O–H groups in total. The molecule has 0 aromatic carbocycles. The molecule has 0 aromatic rings. The van der Waals surface area contributed by atoms with Crippen LogP contribution >= 0.6 is 0 Å². The van der Waals surface area contributed by atoms with Crippen molar-refractivity contribution in [1.29, 1.82) is 0 Å². The minimum Gasteiger partial charge on any atom is -0.393 e. The number of allylic oxidation sites excluding steroid dienone is 2. The Bertz CT molecular complexity index is 428. The Morgan fingerprint density at radius 2 is 0.579 bits per heavy atom. The van der Waals surface area contributed by atoms with Crippen molar-refractivity contribution < 1.29 is 5.11 Å². The van der Waals surface area contributed by atoms with Gasteiger partial charge < -0.3 is 5.11 Å². The lowest BCUT2D eigenvalue weighted by Crippen LogP contribution is -2.05. The van der Waals surface area contributed by atoms with Gasteiger partial charge >= 0.3 is 0 Å². The summed E-state index contributed by atoms with van der Waals surface area (Å²) in [6.45, 7) is 4.58. The van der Waals surface area contributed by atoms with Crippen LogP contribution in [0.4, 0.5) is 0 Å². The number of rotatable bonds is 33. The number of hydrogen-bond donors (Lipinski definition) is 1. The highest BCUT2D eigenvalue weighted by atomic mass is 16.3. The maximum atomic E-state index is 10.2. The van der Waals surface area contributed by atoms with Crippen LogP contribution < -0.4 is 0 Å². The summed E-state index contributed by atoms with van der Waals surface area (Å²) < 4.78 is 0. The molecule has 1 nitrogen and oxygen atoms in total. The van der Waals surface area contributed by atoms with E-state index in [1.807, 2.05) is 0 Å². The lowest BCUT2D eigenvalue weighted by Gasteiger charge is -2.10. The van der Waals surface area contributed by atoms with Crippen LogP contribution in [-0.2, 0) is 0 Å². The summed E-state index contributed by atoms with van der Waals surface area (Å²) in [7, 11) is 0.